The summed E-state index contributed by atoms with van der Waals surface area (Å²) in [6.07, 6.45) is -3.96. The number of likely N-dealkylation sites (tertiary alicyclic amines) is 1. The summed E-state index contributed by atoms with van der Waals surface area (Å²) in [5.74, 6) is -2.70. The minimum atomic E-state index is -4.82. The monoisotopic (exact) mass is 282 g/mol. The normalized spacial score (nSPS) is 17.8. The lowest BCUT2D eigenvalue weighted by Crippen LogP contribution is -2.49. The molecule has 0 aromatic rings. The van der Waals surface area contributed by atoms with Gasteiger partial charge in [-0.25, -0.2) is 0 Å². The number of alkyl halides is 3. The minimum Gasteiger partial charge on any atom is -0.481 e. The van der Waals surface area contributed by atoms with E-state index in [1.807, 2.05) is 4.90 Å². The van der Waals surface area contributed by atoms with Crippen LogP contribution < -0.4 is 0 Å². The number of carbonyl (C=O) groups excluding carboxylic acids is 1. The highest BCUT2D eigenvalue weighted by Crippen LogP contribution is 2.22. The van der Waals surface area contributed by atoms with Gasteiger partial charge in [-0.1, -0.05) is 0 Å². The lowest BCUT2D eigenvalue weighted by atomic mass is 10.0. The Morgan fingerprint density at radius 2 is 1.84 bits per heavy atom. The molecular weight excluding hydrogens is 265 g/mol. The second kappa shape index (κ2) is 6.23. The summed E-state index contributed by atoms with van der Waals surface area (Å²) in [4.78, 5) is 24.1. The third-order valence-electron chi connectivity index (χ3n) is 3.30. The molecule has 1 heterocycles. The van der Waals surface area contributed by atoms with Gasteiger partial charge in [0.2, 0.25) is 0 Å². The van der Waals surface area contributed by atoms with Gasteiger partial charge in [-0.15, -0.1) is 0 Å². The molecule has 110 valence electrons. The number of rotatable bonds is 4. The highest BCUT2D eigenvalue weighted by atomic mass is 19.4. The Bertz CT molecular complexity index is 339. The summed E-state index contributed by atoms with van der Waals surface area (Å²) < 4.78 is 36.7. The van der Waals surface area contributed by atoms with Gasteiger partial charge in [0.1, 0.15) is 0 Å². The molecule has 0 bridgehead atoms. The number of piperidine rings is 1. The molecule has 0 aromatic carbocycles. The number of halogens is 3. The summed E-state index contributed by atoms with van der Waals surface area (Å²) in [6, 6.07) is 0.0247. The fourth-order valence-electron chi connectivity index (χ4n) is 2.14. The summed E-state index contributed by atoms with van der Waals surface area (Å²) in [5.41, 5.74) is 0. The van der Waals surface area contributed by atoms with Crippen molar-refractivity contribution in [3.8, 4) is 0 Å². The van der Waals surface area contributed by atoms with Crippen molar-refractivity contribution in [2.75, 3.05) is 26.7 Å². The molecule has 1 amide bonds. The van der Waals surface area contributed by atoms with E-state index >= 15 is 0 Å². The van der Waals surface area contributed by atoms with Crippen molar-refractivity contribution in [3.63, 3.8) is 0 Å². The first-order valence-electron chi connectivity index (χ1n) is 6.00. The maximum absolute atomic E-state index is 12.2. The number of hydrogen-bond donors (Lipinski definition) is 1. The maximum atomic E-state index is 12.2. The van der Waals surface area contributed by atoms with Crippen LogP contribution in [0.4, 0.5) is 13.2 Å². The third kappa shape index (κ3) is 4.70. The van der Waals surface area contributed by atoms with E-state index in [-0.39, 0.29) is 25.6 Å². The molecule has 5 nitrogen and oxygen atoms in total. The third-order valence-corrected chi connectivity index (χ3v) is 3.30. The van der Waals surface area contributed by atoms with Crippen molar-refractivity contribution < 1.29 is 27.9 Å². The molecule has 1 aliphatic rings. The van der Waals surface area contributed by atoms with Crippen LogP contribution in [-0.4, -0.2) is 65.7 Å². The lowest BCUT2D eigenvalue weighted by Gasteiger charge is -2.36. The Labute approximate surface area is 109 Å². The van der Waals surface area contributed by atoms with Crippen molar-refractivity contribution in [1.82, 2.24) is 9.80 Å². The smallest absolute Gasteiger partial charge is 0.471 e. The predicted molar refractivity (Wildman–Crippen MR) is 60.5 cm³/mol. The van der Waals surface area contributed by atoms with Crippen LogP contribution in [0.25, 0.3) is 0 Å². The van der Waals surface area contributed by atoms with Gasteiger partial charge in [-0.3, -0.25) is 9.59 Å². The zero-order valence-corrected chi connectivity index (χ0v) is 10.6. The Morgan fingerprint density at radius 3 is 2.26 bits per heavy atom. The van der Waals surface area contributed by atoms with Crippen LogP contribution in [0.15, 0.2) is 0 Å². The number of nitrogens with zero attached hydrogens (tertiary/aromatic N) is 2. The first kappa shape index (κ1) is 15.7. The Balaban J connectivity index is 2.40. The average molecular weight is 282 g/mol. The number of amides is 1. The summed E-state index contributed by atoms with van der Waals surface area (Å²) in [5, 5.41) is 8.56. The summed E-state index contributed by atoms with van der Waals surface area (Å²) >= 11 is 0. The largest absolute Gasteiger partial charge is 0.481 e. The van der Waals surface area contributed by atoms with Crippen LogP contribution >= 0.6 is 0 Å². The molecule has 8 heteroatoms. The van der Waals surface area contributed by atoms with E-state index < -0.39 is 18.1 Å². The number of carboxylic acids is 1. The van der Waals surface area contributed by atoms with E-state index in [1.165, 1.54) is 0 Å². The van der Waals surface area contributed by atoms with Crippen molar-refractivity contribution in [2.24, 2.45) is 0 Å². The Hall–Kier alpha value is -1.31. The minimum absolute atomic E-state index is 0.00179. The van der Waals surface area contributed by atoms with E-state index in [9.17, 15) is 22.8 Å². The van der Waals surface area contributed by atoms with Crippen LogP contribution in [0.5, 0.6) is 0 Å². The molecule has 1 fully saturated rings. The number of aliphatic carboxylic acids is 1. The van der Waals surface area contributed by atoms with Crippen molar-refractivity contribution in [3.05, 3.63) is 0 Å². The van der Waals surface area contributed by atoms with E-state index in [0.717, 1.165) is 4.90 Å². The highest BCUT2D eigenvalue weighted by Gasteiger charge is 2.43. The van der Waals surface area contributed by atoms with Crippen molar-refractivity contribution >= 4 is 11.9 Å². The molecule has 0 aromatic heterocycles. The van der Waals surface area contributed by atoms with Gasteiger partial charge < -0.3 is 14.9 Å². The predicted octanol–water partition coefficient (Wildman–Crippen LogP) is 0.946. The SMILES string of the molecule is CN(CCC(=O)O)C1CCN(C(=O)C(F)(F)F)CC1. The van der Waals surface area contributed by atoms with E-state index in [4.69, 9.17) is 5.11 Å². The van der Waals surface area contributed by atoms with Crippen LogP contribution in [0.2, 0.25) is 0 Å². The van der Waals surface area contributed by atoms with E-state index in [0.29, 0.717) is 19.4 Å². The summed E-state index contributed by atoms with van der Waals surface area (Å²) in [6.45, 7) is 0.466. The molecule has 0 radical (unpaired) electrons. The van der Waals surface area contributed by atoms with Gasteiger partial charge >= 0.3 is 18.1 Å². The van der Waals surface area contributed by atoms with Crippen molar-refractivity contribution in [2.45, 2.75) is 31.5 Å². The Kier molecular flexibility index (Phi) is 5.16. The standard InChI is InChI=1S/C11H17F3N2O3/c1-15(5-4-9(17)18)8-2-6-16(7-3-8)10(19)11(12,13)14/h8H,2-7H2,1H3,(H,17,18). The number of hydrogen-bond acceptors (Lipinski definition) is 3. The van der Waals surface area contributed by atoms with Gasteiger partial charge in [-0.2, -0.15) is 13.2 Å². The molecule has 1 aliphatic heterocycles. The number of carbonyl (C=O) groups is 2. The molecule has 0 unspecified atom stereocenters. The second-order valence-electron chi connectivity index (χ2n) is 4.65. The molecule has 0 saturated carbocycles. The zero-order valence-electron chi connectivity index (χ0n) is 10.6. The average Bonchev–Trinajstić information content (AvgIpc) is 2.34. The molecular formula is C11H17F3N2O3. The maximum Gasteiger partial charge on any atom is 0.471 e. The van der Waals surface area contributed by atoms with Gasteiger partial charge in [0.25, 0.3) is 0 Å². The quantitative estimate of drug-likeness (QED) is 0.834. The van der Waals surface area contributed by atoms with Crippen LogP contribution in [-0.2, 0) is 9.59 Å². The Morgan fingerprint density at radius 1 is 1.32 bits per heavy atom. The highest BCUT2D eigenvalue weighted by molar-refractivity contribution is 5.81. The molecule has 19 heavy (non-hydrogen) atoms. The first-order valence-corrected chi connectivity index (χ1v) is 6.00. The summed E-state index contributed by atoms with van der Waals surface area (Å²) in [7, 11) is 1.74. The first-order chi connectivity index (χ1) is 8.71. The fraction of sp³-hybridized carbons (Fsp3) is 0.818. The van der Waals surface area contributed by atoms with Gasteiger partial charge in [0.05, 0.1) is 6.42 Å². The second-order valence-corrected chi connectivity index (χ2v) is 4.65. The van der Waals surface area contributed by atoms with Crippen molar-refractivity contribution in [1.29, 1.82) is 0 Å². The van der Waals surface area contributed by atoms with Crippen LogP contribution in [0, 0.1) is 0 Å². The molecule has 0 aliphatic carbocycles. The van der Waals surface area contributed by atoms with Gasteiger partial charge in [0.15, 0.2) is 0 Å². The van der Waals surface area contributed by atoms with Crippen LogP contribution in [0.3, 0.4) is 0 Å². The van der Waals surface area contributed by atoms with Crippen LogP contribution in [0.1, 0.15) is 19.3 Å². The molecule has 0 spiro atoms. The van der Waals surface area contributed by atoms with Gasteiger partial charge in [-0.05, 0) is 19.9 Å². The molecule has 1 rings (SSSR count). The fourth-order valence-corrected chi connectivity index (χ4v) is 2.14. The zero-order chi connectivity index (χ0) is 14.6. The number of carboxylic acid groups (broad SMARTS) is 1. The molecule has 1 N–H and O–H groups in total. The van der Waals surface area contributed by atoms with Gasteiger partial charge in [0, 0.05) is 25.7 Å². The lowest BCUT2D eigenvalue weighted by molar-refractivity contribution is -0.186. The molecule has 0 atom stereocenters. The topological polar surface area (TPSA) is 60.9 Å². The van der Waals surface area contributed by atoms with E-state index in [2.05, 4.69) is 0 Å². The van der Waals surface area contributed by atoms with E-state index in [1.54, 1.807) is 7.05 Å². The molecule has 1 saturated heterocycles.